The molecule has 0 fully saturated rings. The number of nitrogens with zero attached hydrogens (tertiary/aromatic N) is 2. The number of hydrogen-bond donors (Lipinski definition) is 0. The Labute approximate surface area is 231 Å². The van der Waals surface area contributed by atoms with Crippen LogP contribution in [-0.2, 0) is 0 Å². The summed E-state index contributed by atoms with van der Waals surface area (Å²) in [7, 11) is 0. The molecule has 3 rings (SSSR count). The Morgan fingerprint density at radius 3 is 1.00 bits per heavy atom. The highest BCUT2D eigenvalue weighted by Gasteiger charge is 2.07. The van der Waals surface area contributed by atoms with Crippen molar-refractivity contribution in [3.05, 3.63) is 47.9 Å². The van der Waals surface area contributed by atoms with Gasteiger partial charge in [0.2, 0.25) is 0 Å². The molecule has 0 N–H and O–H groups in total. The van der Waals surface area contributed by atoms with E-state index in [4.69, 9.17) is 0 Å². The van der Waals surface area contributed by atoms with Gasteiger partial charge in [-0.15, -0.1) is 0 Å². The fraction of sp³-hybridized carbons (Fsp3) is 0.771. The summed E-state index contributed by atoms with van der Waals surface area (Å²) in [5, 5.41) is 0. The second-order valence-corrected chi connectivity index (χ2v) is 12.1. The van der Waals surface area contributed by atoms with Gasteiger partial charge in [0.15, 0.2) is 0 Å². The Morgan fingerprint density at radius 1 is 0.351 bits per heavy atom. The Bertz CT molecular complexity index is 685. The van der Waals surface area contributed by atoms with Gasteiger partial charge in [-0.1, -0.05) is 133 Å². The van der Waals surface area contributed by atoms with E-state index in [0.717, 1.165) is 13.1 Å². The Kier molecular flexibility index (Phi) is 16.7. The molecule has 210 valence electrons. The summed E-state index contributed by atoms with van der Waals surface area (Å²) in [6.45, 7) is 4.74. The van der Waals surface area contributed by atoms with Crippen molar-refractivity contribution in [2.45, 2.75) is 148 Å². The smallest absolute Gasteiger partial charge is 0.0357 e. The molecule has 0 aromatic rings. The molecule has 0 aromatic heterocycles. The van der Waals surface area contributed by atoms with E-state index in [1.165, 1.54) is 161 Å². The molecule has 0 saturated heterocycles. The predicted octanol–water partition coefficient (Wildman–Crippen LogP) is 10.5. The van der Waals surface area contributed by atoms with Crippen LogP contribution >= 0.6 is 0 Å². The zero-order valence-electron chi connectivity index (χ0n) is 24.5. The van der Waals surface area contributed by atoms with Gasteiger partial charge in [-0.2, -0.15) is 0 Å². The van der Waals surface area contributed by atoms with Gasteiger partial charge in [0.05, 0.1) is 0 Å². The molecular formula is C35H60N2. The lowest BCUT2D eigenvalue weighted by Crippen LogP contribution is -2.21. The molecule has 0 amide bonds. The van der Waals surface area contributed by atoms with E-state index >= 15 is 0 Å². The van der Waals surface area contributed by atoms with Crippen molar-refractivity contribution in [2.24, 2.45) is 0 Å². The summed E-state index contributed by atoms with van der Waals surface area (Å²) in [5.74, 6) is 0. The van der Waals surface area contributed by atoms with E-state index in [1.54, 1.807) is 11.1 Å². The second kappa shape index (κ2) is 20.5. The first-order valence-electron chi connectivity index (χ1n) is 16.6. The van der Waals surface area contributed by atoms with Crippen LogP contribution in [0, 0.1) is 0 Å². The third-order valence-electron chi connectivity index (χ3n) is 8.61. The lowest BCUT2D eigenvalue weighted by Gasteiger charge is -2.23. The van der Waals surface area contributed by atoms with Gasteiger partial charge in [-0.05, 0) is 49.7 Å². The van der Waals surface area contributed by atoms with E-state index in [9.17, 15) is 0 Å². The van der Waals surface area contributed by atoms with Crippen LogP contribution in [-0.4, -0.2) is 36.0 Å². The molecule has 4 bridgehead atoms. The normalized spacial score (nSPS) is 24.0. The van der Waals surface area contributed by atoms with Crippen LogP contribution in [0.15, 0.2) is 47.9 Å². The Hall–Kier alpha value is -1.44. The molecule has 0 aromatic carbocycles. The third-order valence-corrected chi connectivity index (χ3v) is 8.61. The molecule has 0 radical (unpaired) electrons. The molecule has 2 heteroatoms. The third kappa shape index (κ3) is 14.9. The molecule has 0 aliphatic carbocycles. The zero-order valence-corrected chi connectivity index (χ0v) is 24.5. The average molecular weight is 509 g/mol. The van der Waals surface area contributed by atoms with Crippen LogP contribution in [0.2, 0.25) is 0 Å². The molecular weight excluding hydrogens is 448 g/mol. The van der Waals surface area contributed by atoms with E-state index < -0.39 is 0 Å². The van der Waals surface area contributed by atoms with Crippen molar-refractivity contribution in [1.82, 2.24) is 9.80 Å². The van der Waals surface area contributed by atoms with E-state index in [2.05, 4.69) is 46.5 Å². The van der Waals surface area contributed by atoms with Gasteiger partial charge < -0.3 is 9.80 Å². The van der Waals surface area contributed by atoms with Crippen LogP contribution < -0.4 is 0 Å². The molecule has 0 atom stereocenters. The highest BCUT2D eigenvalue weighted by atomic mass is 15.1. The van der Waals surface area contributed by atoms with Crippen molar-refractivity contribution in [3.8, 4) is 0 Å². The van der Waals surface area contributed by atoms with Crippen LogP contribution in [0.25, 0.3) is 0 Å². The molecule has 2 nitrogen and oxygen atoms in total. The fourth-order valence-electron chi connectivity index (χ4n) is 6.24. The molecule has 0 spiro atoms. The lowest BCUT2D eigenvalue weighted by atomic mass is 10.0. The van der Waals surface area contributed by atoms with Crippen LogP contribution in [0.5, 0.6) is 0 Å². The minimum atomic E-state index is 1.12. The summed E-state index contributed by atoms with van der Waals surface area (Å²) < 4.78 is 0. The minimum Gasteiger partial charge on any atom is -0.373 e. The largest absolute Gasteiger partial charge is 0.373 e. The van der Waals surface area contributed by atoms with Gasteiger partial charge in [0.1, 0.15) is 0 Å². The van der Waals surface area contributed by atoms with Crippen molar-refractivity contribution >= 4 is 0 Å². The Morgan fingerprint density at radius 2 is 0.649 bits per heavy atom. The maximum atomic E-state index is 2.56. The minimum absolute atomic E-state index is 1.12. The maximum absolute atomic E-state index is 2.56. The number of rotatable bonds is 0. The topological polar surface area (TPSA) is 6.48 Å². The van der Waals surface area contributed by atoms with Crippen molar-refractivity contribution in [1.29, 1.82) is 0 Å². The quantitative estimate of drug-likeness (QED) is 0.321. The first-order chi connectivity index (χ1) is 18.4. The highest BCUT2D eigenvalue weighted by molar-refractivity contribution is 5.22. The van der Waals surface area contributed by atoms with Crippen molar-refractivity contribution < 1.29 is 0 Å². The molecule has 37 heavy (non-hydrogen) atoms. The summed E-state index contributed by atoms with van der Waals surface area (Å²) in [6.07, 6.45) is 46.8. The molecule has 3 aliphatic rings. The molecule has 0 unspecified atom stereocenters. The Balaban J connectivity index is 1.32. The van der Waals surface area contributed by atoms with E-state index in [0.29, 0.717) is 0 Å². The van der Waals surface area contributed by atoms with E-state index in [-0.39, 0.29) is 0 Å². The molecule has 3 aliphatic heterocycles. The van der Waals surface area contributed by atoms with Crippen LogP contribution in [0.3, 0.4) is 0 Å². The zero-order chi connectivity index (χ0) is 25.6. The standard InChI is InChI=1S/C35H60N2/c1-2-4-8-12-16-20-28-36-30-23-27-35(33-36)25-19-15-11-7-5-9-13-17-21-29-37-31-22-26-34(32-37)24-18-14-10-6-3-1/h22-23,26-27,32-33H,1-21,24-25,28-31H2. The van der Waals surface area contributed by atoms with Gasteiger partial charge in [0.25, 0.3) is 0 Å². The SMILES string of the molecule is C1=CC2=CN(C1)CCCCCCCCCCCCCCC1=CN(CC=C1)CCCCCCCCCCC2. The van der Waals surface area contributed by atoms with Crippen molar-refractivity contribution in [3.63, 3.8) is 0 Å². The fourth-order valence-corrected chi connectivity index (χ4v) is 6.24. The van der Waals surface area contributed by atoms with Gasteiger partial charge in [-0.3, -0.25) is 0 Å². The first-order valence-corrected chi connectivity index (χ1v) is 16.6. The average Bonchev–Trinajstić information content (AvgIpc) is 2.92. The lowest BCUT2D eigenvalue weighted by molar-refractivity contribution is 0.387. The number of hydrogen-bond acceptors (Lipinski definition) is 2. The summed E-state index contributed by atoms with van der Waals surface area (Å²) in [6, 6.07) is 0. The summed E-state index contributed by atoms with van der Waals surface area (Å²) >= 11 is 0. The van der Waals surface area contributed by atoms with Crippen LogP contribution in [0.4, 0.5) is 0 Å². The predicted molar refractivity (Wildman–Crippen MR) is 164 cm³/mol. The summed E-state index contributed by atoms with van der Waals surface area (Å²) in [5.41, 5.74) is 3.13. The van der Waals surface area contributed by atoms with E-state index in [1.807, 2.05) is 0 Å². The van der Waals surface area contributed by atoms with Crippen LogP contribution in [0.1, 0.15) is 148 Å². The number of fused-ring (bicyclic) bond motifs is 2. The summed E-state index contributed by atoms with van der Waals surface area (Å²) in [4.78, 5) is 5.12. The monoisotopic (exact) mass is 508 g/mol. The number of allylic oxidation sites excluding steroid dienone is 4. The molecule has 0 saturated carbocycles. The van der Waals surface area contributed by atoms with Gasteiger partial charge in [-0.25, -0.2) is 0 Å². The second-order valence-electron chi connectivity index (χ2n) is 12.1. The van der Waals surface area contributed by atoms with Crippen molar-refractivity contribution in [2.75, 3.05) is 26.2 Å². The maximum Gasteiger partial charge on any atom is 0.0357 e. The first kappa shape index (κ1) is 30.1. The van der Waals surface area contributed by atoms with Gasteiger partial charge >= 0.3 is 0 Å². The molecule has 3 heterocycles. The highest BCUT2D eigenvalue weighted by Crippen LogP contribution is 2.20. The van der Waals surface area contributed by atoms with Gasteiger partial charge in [0, 0.05) is 38.6 Å².